The Morgan fingerprint density at radius 1 is 0.920 bits per heavy atom. The first kappa shape index (κ1) is 19.2. The van der Waals surface area contributed by atoms with Crippen molar-refractivity contribution in [2.24, 2.45) is 0 Å². The maximum absolute atomic E-state index is 13.1. The minimum absolute atomic E-state index is 0.375. The zero-order valence-corrected chi connectivity index (χ0v) is 16.3. The topological polar surface area (TPSA) is 35.6 Å². The van der Waals surface area contributed by atoms with Crippen molar-refractivity contribution in [3.63, 3.8) is 0 Å². The van der Waals surface area contributed by atoms with Gasteiger partial charge in [-0.1, -0.05) is 45.4 Å². The molecule has 3 fully saturated rings. The van der Waals surface area contributed by atoms with Crippen LogP contribution >= 0.6 is 0 Å². The molecule has 1 atom stereocenters. The molecule has 0 spiro atoms. The molecule has 3 rings (SSSR count). The summed E-state index contributed by atoms with van der Waals surface area (Å²) in [6, 6.07) is 1.67. The Balaban J connectivity index is 1.52. The standard InChI is InChI=1S/C21H39N3O/c1-2-23-15-9-14-20(23)16-22-17-21(25)24(18-10-5-3-6-11-18)19-12-7-4-8-13-19/h18-20,22H,2-17H2,1H3/t20-/m1/s1. The number of amides is 1. The minimum Gasteiger partial charge on any atom is -0.336 e. The van der Waals surface area contributed by atoms with E-state index in [1.54, 1.807) is 0 Å². The lowest BCUT2D eigenvalue weighted by molar-refractivity contribution is -0.137. The average Bonchev–Trinajstić information content (AvgIpc) is 3.11. The average molecular weight is 350 g/mol. The molecule has 1 amide bonds. The van der Waals surface area contributed by atoms with E-state index in [0.29, 0.717) is 30.6 Å². The van der Waals surface area contributed by atoms with Crippen molar-refractivity contribution in [1.29, 1.82) is 0 Å². The van der Waals surface area contributed by atoms with Gasteiger partial charge in [-0.25, -0.2) is 0 Å². The third-order valence-electron chi connectivity index (χ3n) is 6.79. The van der Waals surface area contributed by atoms with Gasteiger partial charge < -0.3 is 10.2 Å². The summed E-state index contributed by atoms with van der Waals surface area (Å²) in [5, 5.41) is 3.52. The fourth-order valence-corrected chi connectivity index (χ4v) is 5.40. The van der Waals surface area contributed by atoms with Crippen LogP contribution in [-0.2, 0) is 4.79 Å². The van der Waals surface area contributed by atoms with Gasteiger partial charge in [-0.15, -0.1) is 0 Å². The van der Waals surface area contributed by atoms with Gasteiger partial charge in [-0.3, -0.25) is 9.69 Å². The van der Waals surface area contributed by atoms with E-state index in [4.69, 9.17) is 0 Å². The van der Waals surface area contributed by atoms with Crippen molar-refractivity contribution in [2.45, 2.75) is 102 Å². The second kappa shape index (κ2) is 9.91. The first-order chi connectivity index (χ1) is 12.3. The van der Waals surface area contributed by atoms with Gasteiger partial charge in [0.15, 0.2) is 0 Å². The van der Waals surface area contributed by atoms with Gasteiger partial charge in [0.2, 0.25) is 5.91 Å². The first-order valence-corrected chi connectivity index (χ1v) is 11.1. The Labute approximate surface area is 154 Å². The molecule has 4 heteroatoms. The number of nitrogens with zero attached hydrogens (tertiary/aromatic N) is 2. The summed E-state index contributed by atoms with van der Waals surface area (Å²) in [7, 11) is 0. The van der Waals surface area contributed by atoms with Crippen LogP contribution in [0.3, 0.4) is 0 Å². The molecular formula is C21H39N3O. The molecule has 0 radical (unpaired) electrons. The van der Waals surface area contributed by atoms with Crippen molar-refractivity contribution < 1.29 is 4.79 Å². The van der Waals surface area contributed by atoms with Crippen LogP contribution in [0, 0.1) is 0 Å². The quantitative estimate of drug-likeness (QED) is 0.763. The minimum atomic E-state index is 0.375. The maximum atomic E-state index is 13.1. The Bertz CT molecular complexity index is 384. The Morgan fingerprint density at radius 2 is 1.52 bits per heavy atom. The number of carbonyl (C=O) groups is 1. The number of hydrogen-bond donors (Lipinski definition) is 1. The van der Waals surface area contributed by atoms with Gasteiger partial charge in [0.05, 0.1) is 6.54 Å². The molecule has 0 aromatic carbocycles. The molecule has 1 heterocycles. The molecule has 0 bridgehead atoms. The highest BCUT2D eigenvalue weighted by Gasteiger charge is 2.32. The number of nitrogens with one attached hydrogen (secondary N) is 1. The summed E-state index contributed by atoms with van der Waals surface area (Å²) >= 11 is 0. The van der Waals surface area contributed by atoms with Crippen LogP contribution in [0.4, 0.5) is 0 Å². The van der Waals surface area contributed by atoms with Crippen LogP contribution in [0.25, 0.3) is 0 Å². The smallest absolute Gasteiger partial charge is 0.237 e. The molecule has 0 aromatic heterocycles. The number of likely N-dealkylation sites (tertiary alicyclic amines) is 1. The molecule has 25 heavy (non-hydrogen) atoms. The second-order valence-corrected chi connectivity index (χ2v) is 8.44. The van der Waals surface area contributed by atoms with Gasteiger partial charge in [-0.05, 0) is 51.6 Å². The molecule has 2 aliphatic carbocycles. The van der Waals surface area contributed by atoms with E-state index in [1.165, 1.54) is 83.6 Å². The Hall–Kier alpha value is -0.610. The normalized spacial score (nSPS) is 26.8. The van der Waals surface area contributed by atoms with Crippen molar-refractivity contribution in [2.75, 3.05) is 26.2 Å². The largest absolute Gasteiger partial charge is 0.336 e. The van der Waals surface area contributed by atoms with Crippen molar-refractivity contribution in [3.8, 4) is 0 Å². The molecule has 1 saturated heterocycles. The molecular weight excluding hydrogens is 310 g/mol. The number of hydrogen-bond acceptors (Lipinski definition) is 3. The maximum Gasteiger partial charge on any atom is 0.237 e. The van der Waals surface area contributed by atoms with Gasteiger partial charge in [0.1, 0.15) is 0 Å². The molecule has 4 nitrogen and oxygen atoms in total. The summed E-state index contributed by atoms with van der Waals surface area (Å²) in [6.45, 7) is 6.13. The highest BCUT2D eigenvalue weighted by molar-refractivity contribution is 5.79. The van der Waals surface area contributed by atoms with E-state index >= 15 is 0 Å². The van der Waals surface area contributed by atoms with Gasteiger partial charge in [0.25, 0.3) is 0 Å². The first-order valence-electron chi connectivity index (χ1n) is 11.1. The van der Waals surface area contributed by atoms with E-state index in [2.05, 4.69) is 22.0 Å². The lowest BCUT2D eigenvalue weighted by atomic mass is 9.88. The van der Waals surface area contributed by atoms with Crippen molar-refractivity contribution >= 4 is 5.91 Å². The predicted octanol–water partition coefficient (Wildman–Crippen LogP) is 3.55. The SMILES string of the molecule is CCN1CCC[C@@H]1CNCC(=O)N(C1CCCCC1)C1CCCCC1. The molecule has 3 aliphatic rings. The molecule has 144 valence electrons. The van der Waals surface area contributed by atoms with Crippen LogP contribution in [0.15, 0.2) is 0 Å². The predicted molar refractivity (Wildman–Crippen MR) is 104 cm³/mol. The summed E-state index contributed by atoms with van der Waals surface area (Å²) in [6.07, 6.45) is 15.5. The number of likely N-dealkylation sites (N-methyl/N-ethyl adjacent to an activating group) is 1. The Morgan fingerprint density at radius 3 is 2.08 bits per heavy atom. The summed E-state index contributed by atoms with van der Waals surface area (Å²) < 4.78 is 0. The lowest BCUT2D eigenvalue weighted by Gasteiger charge is -2.42. The van der Waals surface area contributed by atoms with Gasteiger partial charge in [-0.2, -0.15) is 0 Å². The third-order valence-corrected chi connectivity index (χ3v) is 6.79. The molecule has 0 unspecified atom stereocenters. The fraction of sp³-hybridized carbons (Fsp3) is 0.952. The highest BCUT2D eigenvalue weighted by Crippen LogP contribution is 2.30. The summed E-state index contributed by atoms with van der Waals surface area (Å²) in [4.78, 5) is 18.0. The van der Waals surface area contributed by atoms with Crippen LogP contribution in [0.5, 0.6) is 0 Å². The zero-order valence-electron chi connectivity index (χ0n) is 16.3. The van der Waals surface area contributed by atoms with E-state index < -0.39 is 0 Å². The van der Waals surface area contributed by atoms with Crippen LogP contribution in [0.2, 0.25) is 0 Å². The second-order valence-electron chi connectivity index (χ2n) is 8.44. The van der Waals surface area contributed by atoms with E-state index in [-0.39, 0.29) is 0 Å². The lowest BCUT2D eigenvalue weighted by Crippen LogP contribution is -2.52. The fourth-order valence-electron chi connectivity index (χ4n) is 5.40. The zero-order chi connectivity index (χ0) is 17.5. The molecule has 1 aliphatic heterocycles. The monoisotopic (exact) mass is 349 g/mol. The van der Waals surface area contributed by atoms with Crippen LogP contribution in [0.1, 0.15) is 84.0 Å². The highest BCUT2D eigenvalue weighted by atomic mass is 16.2. The summed E-state index contributed by atoms with van der Waals surface area (Å²) in [5.74, 6) is 0.375. The molecule has 0 aromatic rings. The molecule has 1 N–H and O–H groups in total. The van der Waals surface area contributed by atoms with E-state index in [1.807, 2.05) is 0 Å². The third kappa shape index (κ3) is 5.19. The van der Waals surface area contributed by atoms with E-state index in [9.17, 15) is 4.79 Å². The van der Waals surface area contributed by atoms with Crippen LogP contribution < -0.4 is 5.32 Å². The molecule has 2 saturated carbocycles. The Kier molecular flexibility index (Phi) is 7.60. The van der Waals surface area contributed by atoms with Gasteiger partial charge in [0, 0.05) is 24.7 Å². The number of carbonyl (C=O) groups excluding carboxylic acids is 1. The van der Waals surface area contributed by atoms with E-state index in [0.717, 1.165) is 13.1 Å². The number of rotatable bonds is 7. The van der Waals surface area contributed by atoms with Gasteiger partial charge >= 0.3 is 0 Å². The van der Waals surface area contributed by atoms with Crippen molar-refractivity contribution in [1.82, 2.24) is 15.1 Å². The summed E-state index contributed by atoms with van der Waals surface area (Å²) in [5.41, 5.74) is 0. The van der Waals surface area contributed by atoms with Crippen LogP contribution in [-0.4, -0.2) is 60.0 Å². The van der Waals surface area contributed by atoms with Crippen molar-refractivity contribution in [3.05, 3.63) is 0 Å².